The summed E-state index contributed by atoms with van der Waals surface area (Å²) < 4.78 is 0. The minimum absolute atomic E-state index is 0.613. The molecule has 0 N–H and O–H groups in total. The lowest BCUT2D eigenvalue weighted by Crippen LogP contribution is -2.00. The van der Waals surface area contributed by atoms with Crippen molar-refractivity contribution in [3.8, 4) is 11.1 Å². The fraction of sp³-hybridized carbons (Fsp3) is 0.263. The number of allylic oxidation sites excluding steroid dienone is 1. The van der Waals surface area contributed by atoms with E-state index in [0.29, 0.717) is 5.92 Å². The van der Waals surface area contributed by atoms with Gasteiger partial charge in [0.25, 0.3) is 0 Å². The predicted octanol–water partition coefficient (Wildman–Crippen LogP) is 5.33. The van der Waals surface area contributed by atoms with Gasteiger partial charge in [0.05, 0.1) is 0 Å². The maximum atomic E-state index is 3.91. The van der Waals surface area contributed by atoms with Gasteiger partial charge in [0.15, 0.2) is 0 Å². The topological polar surface area (TPSA) is 0 Å². The Morgan fingerprint density at radius 3 is 2.68 bits per heavy atom. The Morgan fingerprint density at radius 2 is 1.89 bits per heavy atom. The van der Waals surface area contributed by atoms with Gasteiger partial charge in [-0.1, -0.05) is 55.5 Å². The van der Waals surface area contributed by atoms with Crippen LogP contribution in [0.15, 0.2) is 55.1 Å². The molecule has 1 unspecified atom stereocenters. The Hall–Kier alpha value is -1.82. The van der Waals surface area contributed by atoms with Crippen molar-refractivity contribution < 1.29 is 0 Å². The highest BCUT2D eigenvalue weighted by Crippen LogP contribution is 2.41. The summed E-state index contributed by atoms with van der Waals surface area (Å²) in [6.45, 7) is 6.18. The molecule has 0 amide bonds. The summed E-state index contributed by atoms with van der Waals surface area (Å²) in [5.74, 6) is 0.613. The Kier molecular flexibility index (Phi) is 3.25. The second-order valence-corrected chi connectivity index (χ2v) is 5.34. The molecule has 0 nitrogen and oxygen atoms in total. The molecule has 0 aliphatic heterocycles. The van der Waals surface area contributed by atoms with Crippen LogP contribution < -0.4 is 0 Å². The first-order chi connectivity index (χ1) is 9.35. The number of fused-ring (bicyclic) bond motifs is 3. The molecule has 0 heterocycles. The molecular weight excluding hydrogens is 228 g/mol. The number of benzene rings is 2. The van der Waals surface area contributed by atoms with E-state index in [4.69, 9.17) is 0 Å². The lowest BCUT2D eigenvalue weighted by Gasteiger charge is -2.17. The predicted molar refractivity (Wildman–Crippen MR) is 82.5 cm³/mol. The fourth-order valence-electron chi connectivity index (χ4n) is 3.28. The van der Waals surface area contributed by atoms with Gasteiger partial charge in [0.2, 0.25) is 0 Å². The summed E-state index contributed by atoms with van der Waals surface area (Å²) >= 11 is 0. The van der Waals surface area contributed by atoms with Crippen molar-refractivity contribution in [3.63, 3.8) is 0 Å². The molecule has 2 aromatic rings. The highest BCUT2D eigenvalue weighted by Gasteiger charge is 2.22. The zero-order chi connectivity index (χ0) is 13.2. The molecule has 19 heavy (non-hydrogen) atoms. The molecule has 1 aliphatic rings. The van der Waals surface area contributed by atoms with E-state index >= 15 is 0 Å². The van der Waals surface area contributed by atoms with Crippen molar-refractivity contribution in [2.75, 3.05) is 0 Å². The molecule has 0 aromatic heterocycles. The van der Waals surface area contributed by atoms with Crippen LogP contribution in [-0.2, 0) is 6.42 Å². The zero-order valence-corrected chi connectivity index (χ0v) is 11.5. The van der Waals surface area contributed by atoms with Gasteiger partial charge in [-0.2, -0.15) is 0 Å². The second-order valence-electron chi connectivity index (χ2n) is 5.34. The van der Waals surface area contributed by atoms with Gasteiger partial charge in [0, 0.05) is 0 Å². The van der Waals surface area contributed by atoms with Crippen molar-refractivity contribution in [2.45, 2.75) is 32.1 Å². The van der Waals surface area contributed by atoms with Gasteiger partial charge >= 0.3 is 0 Å². The van der Waals surface area contributed by atoms with Gasteiger partial charge < -0.3 is 0 Å². The van der Waals surface area contributed by atoms with E-state index in [2.05, 4.69) is 62.0 Å². The maximum absolute atomic E-state index is 3.91. The largest absolute Gasteiger partial charge is 0.103 e. The number of hydrogen-bond acceptors (Lipinski definition) is 0. The average molecular weight is 248 g/mol. The molecule has 0 spiro atoms. The van der Waals surface area contributed by atoms with Crippen LogP contribution in [-0.4, -0.2) is 0 Å². The van der Waals surface area contributed by atoms with Crippen LogP contribution in [0.25, 0.3) is 11.1 Å². The second kappa shape index (κ2) is 5.05. The molecule has 0 heteroatoms. The van der Waals surface area contributed by atoms with Gasteiger partial charge in [0.1, 0.15) is 0 Å². The molecule has 1 aliphatic carbocycles. The minimum Gasteiger partial charge on any atom is -0.103 e. The van der Waals surface area contributed by atoms with Gasteiger partial charge in [-0.05, 0) is 53.0 Å². The van der Waals surface area contributed by atoms with Crippen molar-refractivity contribution in [1.29, 1.82) is 0 Å². The third-order valence-corrected chi connectivity index (χ3v) is 4.27. The monoisotopic (exact) mass is 248 g/mol. The van der Waals surface area contributed by atoms with Crippen molar-refractivity contribution in [3.05, 3.63) is 71.8 Å². The molecule has 96 valence electrons. The van der Waals surface area contributed by atoms with Crippen LogP contribution in [0, 0.1) is 0 Å². The minimum atomic E-state index is 0.613. The highest BCUT2D eigenvalue weighted by atomic mass is 14.3. The Bertz CT molecular complexity index is 607. The van der Waals surface area contributed by atoms with E-state index in [1.54, 1.807) is 0 Å². The number of rotatable bonds is 4. The van der Waals surface area contributed by atoms with Crippen molar-refractivity contribution in [1.82, 2.24) is 0 Å². The van der Waals surface area contributed by atoms with Crippen LogP contribution in [0.2, 0.25) is 0 Å². The normalized spacial score (nSPS) is 13.7. The molecule has 3 rings (SSSR count). The fourth-order valence-corrected chi connectivity index (χ4v) is 3.28. The summed E-state index contributed by atoms with van der Waals surface area (Å²) in [5, 5.41) is 0. The Balaban J connectivity index is 2.10. The maximum Gasteiger partial charge on any atom is -0.00106 e. The molecule has 1 atom stereocenters. The first-order valence-corrected chi connectivity index (χ1v) is 7.16. The van der Waals surface area contributed by atoms with E-state index in [0.717, 1.165) is 12.8 Å². The van der Waals surface area contributed by atoms with Crippen LogP contribution in [0.3, 0.4) is 0 Å². The van der Waals surface area contributed by atoms with Gasteiger partial charge in [-0.3, -0.25) is 0 Å². The van der Waals surface area contributed by atoms with Gasteiger partial charge in [-0.25, -0.2) is 0 Å². The summed E-state index contributed by atoms with van der Waals surface area (Å²) in [6, 6.07) is 15.6. The molecule has 0 saturated heterocycles. The first kappa shape index (κ1) is 12.2. The van der Waals surface area contributed by atoms with Gasteiger partial charge in [-0.15, -0.1) is 6.58 Å². The van der Waals surface area contributed by atoms with Crippen molar-refractivity contribution >= 4 is 0 Å². The average Bonchev–Trinajstić information content (AvgIpc) is 2.83. The summed E-state index contributed by atoms with van der Waals surface area (Å²) in [6.07, 6.45) is 5.40. The summed E-state index contributed by atoms with van der Waals surface area (Å²) in [4.78, 5) is 0. The summed E-state index contributed by atoms with van der Waals surface area (Å²) in [5.41, 5.74) is 7.40. The van der Waals surface area contributed by atoms with E-state index in [-0.39, 0.29) is 0 Å². The van der Waals surface area contributed by atoms with Crippen LogP contribution >= 0.6 is 0 Å². The van der Waals surface area contributed by atoms with Crippen LogP contribution in [0.1, 0.15) is 42.4 Å². The Labute approximate surface area is 115 Å². The molecule has 0 radical (unpaired) electrons. The lowest BCUT2D eigenvalue weighted by atomic mass is 9.87. The Morgan fingerprint density at radius 1 is 1.11 bits per heavy atom. The van der Waals surface area contributed by atoms with E-state index < -0.39 is 0 Å². The highest BCUT2D eigenvalue weighted by molar-refractivity contribution is 5.78. The quantitative estimate of drug-likeness (QED) is 0.548. The van der Waals surface area contributed by atoms with E-state index in [1.165, 1.54) is 34.2 Å². The standard InChI is InChI=1S/C19H20/c1-3-8-14(4-2)16-11-7-12-18-17-10-6-5-9-15(17)13-19(16)18/h3,5-7,9-12,14H,1,4,8,13H2,2H3. The third-order valence-electron chi connectivity index (χ3n) is 4.27. The zero-order valence-electron chi connectivity index (χ0n) is 11.5. The molecular formula is C19H20. The summed E-state index contributed by atoms with van der Waals surface area (Å²) in [7, 11) is 0. The molecule has 0 fully saturated rings. The lowest BCUT2D eigenvalue weighted by molar-refractivity contribution is 0.670. The van der Waals surface area contributed by atoms with E-state index in [9.17, 15) is 0 Å². The number of hydrogen-bond donors (Lipinski definition) is 0. The molecule has 0 saturated carbocycles. The van der Waals surface area contributed by atoms with Crippen LogP contribution in [0.5, 0.6) is 0 Å². The first-order valence-electron chi connectivity index (χ1n) is 7.16. The van der Waals surface area contributed by atoms with Crippen molar-refractivity contribution in [2.24, 2.45) is 0 Å². The molecule has 0 bridgehead atoms. The SMILES string of the molecule is C=CCC(CC)c1cccc2c1Cc1ccccc1-2. The van der Waals surface area contributed by atoms with Crippen LogP contribution in [0.4, 0.5) is 0 Å². The third kappa shape index (κ3) is 2.02. The molecule has 2 aromatic carbocycles. The van der Waals surface area contributed by atoms with E-state index in [1.807, 2.05) is 0 Å². The smallest absolute Gasteiger partial charge is 0.00106 e.